The van der Waals surface area contributed by atoms with Gasteiger partial charge in [0.15, 0.2) is 9.84 Å². The first-order valence-corrected chi connectivity index (χ1v) is 8.29. The number of nitrogen functional groups attached to an aromatic ring is 1. The minimum atomic E-state index is -3.51. The fourth-order valence-electron chi connectivity index (χ4n) is 1.87. The molecule has 0 aliphatic rings. The Kier molecular flexibility index (Phi) is 4.35. The Hall–Kier alpha value is -1.53. The maximum atomic E-state index is 12.5. The Bertz CT molecular complexity index is 729. The van der Waals surface area contributed by atoms with Crippen molar-refractivity contribution in [1.29, 1.82) is 0 Å². The van der Waals surface area contributed by atoms with E-state index in [4.69, 9.17) is 10.5 Å². The monoisotopic (exact) mass is 355 g/mol. The summed E-state index contributed by atoms with van der Waals surface area (Å²) in [6.45, 7) is 0. The highest BCUT2D eigenvalue weighted by Gasteiger charge is 2.21. The van der Waals surface area contributed by atoms with Crippen LogP contribution < -0.4 is 10.5 Å². The Labute approximate surface area is 126 Å². The quantitative estimate of drug-likeness (QED) is 0.855. The zero-order valence-electron chi connectivity index (χ0n) is 10.8. The molecule has 2 aromatic carbocycles. The van der Waals surface area contributed by atoms with E-state index in [1.54, 1.807) is 36.4 Å². The average Bonchev–Trinajstić information content (AvgIpc) is 2.43. The van der Waals surface area contributed by atoms with Gasteiger partial charge >= 0.3 is 0 Å². The number of rotatable bonds is 4. The molecule has 0 aliphatic carbocycles. The molecule has 2 N–H and O–H groups in total. The Morgan fingerprint density at radius 1 is 1.15 bits per heavy atom. The van der Waals surface area contributed by atoms with Crippen LogP contribution in [0.5, 0.6) is 5.75 Å². The van der Waals surface area contributed by atoms with Gasteiger partial charge < -0.3 is 10.5 Å². The number of nitrogens with two attached hydrogens (primary N) is 1. The summed E-state index contributed by atoms with van der Waals surface area (Å²) in [6, 6.07) is 11.7. The van der Waals surface area contributed by atoms with E-state index in [2.05, 4.69) is 15.9 Å². The van der Waals surface area contributed by atoms with Crippen molar-refractivity contribution in [2.24, 2.45) is 0 Å². The number of benzene rings is 2. The molecule has 0 saturated carbocycles. The number of anilines is 1. The Morgan fingerprint density at radius 2 is 1.85 bits per heavy atom. The lowest BCUT2D eigenvalue weighted by atomic mass is 10.2. The predicted molar refractivity (Wildman–Crippen MR) is 82.4 cm³/mol. The first kappa shape index (κ1) is 14.9. The molecule has 0 bridgehead atoms. The van der Waals surface area contributed by atoms with E-state index in [9.17, 15) is 8.42 Å². The van der Waals surface area contributed by atoms with E-state index in [0.29, 0.717) is 21.5 Å². The minimum Gasteiger partial charge on any atom is -0.495 e. The number of hydrogen-bond acceptors (Lipinski definition) is 4. The van der Waals surface area contributed by atoms with Gasteiger partial charge in [-0.05, 0) is 39.7 Å². The van der Waals surface area contributed by atoms with Gasteiger partial charge in [0.25, 0.3) is 0 Å². The minimum absolute atomic E-state index is 0.140. The third-order valence-electron chi connectivity index (χ3n) is 2.86. The molecule has 2 aromatic rings. The first-order chi connectivity index (χ1) is 9.45. The van der Waals surface area contributed by atoms with Gasteiger partial charge in [-0.15, -0.1) is 0 Å². The van der Waals surface area contributed by atoms with E-state index < -0.39 is 9.84 Å². The lowest BCUT2D eigenvalue weighted by Gasteiger charge is -2.11. The topological polar surface area (TPSA) is 69.4 Å². The second-order valence-electron chi connectivity index (χ2n) is 4.23. The molecule has 20 heavy (non-hydrogen) atoms. The number of sulfone groups is 1. The van der Waals surface area contributed by atoms with Crippen molar-refractivity contribution in [1.82, 2.24) is 0 Å². The number of halogens is 1. The molecule has 0 radical (unpaired) electrons. The van der Waals surface area contributed by atoms with E-state index in [1.807, 2.05) is 0 Å². The standard InChI is InChI=1S/C14H14BrNO3S/c1-19-12-7-2-3-8-13(12)20(17,18)9-10-5-4-6-11(16)14(10)15/h2-8H,9,16H2,1H3. The highest BCUT2D eigenvalue weighted by Crippen LogP contribution is 2.30. The summed E-state index contributed by atoms with van der Waals surface area (Å²) >= 11 is 3.32. The van der Waals surface area contributed by atoms with Gasteiger partial charge in [0, 0.05) is 10.2 Å². The highest BCUT2D eigenvalue weighted by molar-refractivity contribution is 9.10. The third kappa shape index (κ3) is 2.96. The highest BCUT2D eigenvalue weighted by atomic mass is 79.9. The van der Waals surface area contributed by atoms with Crippen LogP contribution in [-0.2, 0) is 15.6 Å². The summed E-state index contributed by atoms with van der Waals surface area (Å²) in [6.07, 6.45) is 0. The van der Waals surface area contributed by atoms with Gasteiger partial charge in [0.1, 0.15) is 10.6 Å². The van der Waals surface area contributed by atoms with Crippen LogP contribution >= 0.6 is 15.9 Å². The molecule has 0 saturated heterocycles. The van der Waals surface area contributed by atoms with Crippen molar-refractivity contribution in [3.63, 3.8) is 0 Å². The summed E-state index contributed by atoms with van der Waals surface area (Å²) in [5.41, 5.74) is 6.90. The molecule has 6 heteroatoms. The predicted octanol–water partition coefficient (Wildman–Crippen LogP) is 3.01. The van der Waals surface area contributed by atoms with Crippen LogP contribution in [0.2, 0.25) is 0 Å². The van der Waals surface area contributed by atoms with Crippen molar-refractivity contribution in [3.8, 4) is 5.75 Å². The molecule has 106 valence electrons. The maximum absolute atomic E-state index is 12.5. The van der Waals surface area contributed by atoms with Crippen LogP contribution in [0.25, 0.3) is 0 Å². The second-order valence-corrected chi connectivity index (χ2v) is 6.98. The Balaban J connectivity index is 2.44. The zero-order valence-corrected chi connectivity index (χ0v) is 13.2. The first-order valence-electron chi connectivity index (χ1n) is 5.84. The van der Waals surface area contributed by atoms with E-state index in [1.165, 1.54) is 13.2 Å². The molecule has 0 amide bonds. The molecule has 0 aliphatic heterocycles. The molecule has 0 heterocycles. The molecule has 0 spiro atoms. The van der Waals surface area contributed by atoms with Crippen LogP contribution in [0.3, 0.4) is 0 Å². The third-order valence-corrected chi connectivity index (χ3v) is 5.52. The van der Waals surface area contributed by atoms with Gasteiger partial charge in [-0.3, -0.25) is 0 Å². The van der Waals surface area contributed by atoms with Gasteiger partial charge in [-0.25, -0.2) is 8.42 Å². The molecule has 0 aromatic heterocycles. The largest absolute Gasteiger partial charge is 0.495 e. The van der Waals surface area contributed by atoms with Gasteiger partial charge in [-0.2, -0.15) is 0 Å². The SMILES string of the molecule is COc1ccccc1S(=O)(=O)Cc1cccc(N)c1Br. The average molecular weight is 356 g/mol. The fourth-order valence-corrected chi connectivity index (χ4v) is 4.01. The summed E-state index contributed by atoms with van der Waals surface area (Å²) in [5.74, 6) is 0.200. The fraction of sp³-hybridized carbons (Fsp3) is 0.143. The molecular formula is C14H14BrNO3S. The number of ether oxygens (including phenoxy) is 1. The van der Waals surface area contributed by atoms with Gasteiger partial charge in [0.2, 0.25) is 0 Å². The van der Waals surface area contributed by atoms with Crippen LogP contribution in [0, 0.1) is 0 Å². The van der Waals surface area contributed by atoms with Crippen molar-refractivity contribution in [2.45, 2.75) is 10.6 Å². The number of para-hydroxylation sites is 1. The summed E-state index contributed by atoms with van der Waals surface area (Å²) in [7, 11) is -2.06. The summed E-state index contributed by atoms with van der Waals surface area (Å²) < 4.78 is 30.7. The molecular weight excluding hydrogens is 342 g/mol. The Morgan fingerprint density at radius 3 is 2.55 bits per heavy atom. The van der Waals surface area contributed by atoms with Crippen LogP contribution in [0.15, 0.2) is 51.8 Å². The molecule has 2 rings (SSSR count). The molecule has 0 fully saturated rings. The normalized spacial score (nSPS) is 11.3. The molecule has 0 atom stereocenters. The maximum Gasteiger partial charge on any atom is 0.186 e. The summed E-state index contributed by atoms with van der Waals surface area (Å²) in [5, 5.41) is 0. The van der Waals surface area contributed by atoms with Gasteiger partial charge in [-0.1, -0.05) is 24.3 Å². The molecule has 4 nitrogen and oxygen atoms in total. The van der Waals surface area contributed by atoms with E-state index in [0.717, 1.165) is 0 Å². The number of methoxy groups -OCH3 is 1. The lowest BCUT2D eigenvalue weighted by Crippen LogP contribution is -2.07. The van der Waals surface area contributed by atoms with Crippen molar-refractivity contribution >= 4 is 31.5 Å². The van der Waals surface area contributed by atoms with E-state index >= 15 is 0 Å². The van der Waals surface area contributed by atoms with E-state index in [-0.39, 0.29) is 10.6 Å². The van der Waals surface area contributed by atoms with Crippen LogP contribution in [-0.4, -0.2) is 15.5 Å². The number of hydrogen-bond donors (Lipinski definition) is 1. The van der Waals surface area contributed by atoms with Gasteiger partial charge in [0.05, 0.1) is 12.9 Å². The zero-order chi connectivity index (χ0) is 14.8. The van der Waals surface area contributed by atoms with Crippen LogP contribution in [0.1, 0.15) is 5.56 Å². The lowest BCUT2D eigenvalue weighted by molar-refractivity contribution is 0.402. The van der Waals surface area contributed by atoms with Crippen molar-refractivity contribution < 1.29 is 13.2 Å². The second kappa shape index (κ2) is 5.85. The van der Waals surface area contributed by atoms with Crippen molar-refractivity contribution in [3.05, 3.63) is 52.5 Å². The van der Waals surface area contributed by atoms with Crippen molar-refractivity contribution in [2.75, 3.05) is 12.8 Å². The smallest absolute Gasteiger partial charge is 0.186 e. The molecule has 0 unspecified atom stereocenters. The van der Waals surface area contributed by atoms with Crippen LogP contribution in [0.4, 0.5) is 5.69 Å². The summed E-state index contributed by atoms with van der Waals surface area (Å²) in [4.78, 5) is 0.178.